The largest absolute Gasteiger partial charge is 0.542 e. The molecule has 0 amide bonds. The van der Waals surface area contributed by atoms with Crippen molar-refractivity contribution in [3.05, 3.63) is 40.8 Å². The Balaban J connectivity index is 2.72. The molecule has 2 rings (SSSR count). The van der Waals surface area contributed by atoms with Gasteiger partial charge in [0.2, 0.25) is 0 Å². The van der Waals surface area contributed by atoms with E-state index in [1.807, 2.05) is 19.1 Å². The summed E-state index contributed by atoms with van der Waals surface area (Å²) in [7, 11) is 0. The molecule has 0 radical (unpaired) electrons. The lowest BCUT2D eigenvalue weighted by atomic mass is 10.0. The fourth-order valence-corrected chi connectivity index (χ4v) is 2.78. The first-order valence-corrected chi connectivity index (χ1v) is 6.95. The van der Waals surface area contributed by atoms with Crippen molar-refractivity contribution in [1.29, 1.82) is 0 Å². The van der Waals surface area contributed by atoms with Gasteiger partial charge in [-0.1, -0.05) is 6.07 Å². The summed E-state index contributed by atoms with van der Waals surface area (Å²) in [5.41, 5.74) is 4.02. The molecule has 0 saturated carbocycles. The molecule has 0 aliphatic heterocycles. The van der Waals surface area contributed by atoms with Gasteiger partial charge in [-0.2, -0.15) is 0 Å². The number of halogens is 1. The lowest BCUT2D eigenvalue weighted by Crippen LogP contribution is -2.23. The highest BCUT2D eigenvalue weighted by Gasteiger charge is 2.14. The number of benzene rings is 1. The van der Waals surface area contributed by atoms with Crippen LogP contribution in [0.2, 0.25) is 0 Å². The number of aliphatic carboxylic acids is 1. The number of aromatic nitrogens is 1. The van der Waals surface area contributed by atoms with Crippen molar-refractivity contribution in [2.24, 2.45) is 0 Å². The molecule has 0 unspecified atom stereocenters. The lowest BCUT2D eigenvalue weighted by Gasteiger charge is -2.13. The highest BCUT2D eigenvalue weighted by molar-refractivity contribution is 5.95. The molecule has 0 fully saturated rings. The zero-order valence-corrected chi connectivity index (χ0v) is 13.0. The quantitative estimate of drug-likeness (QED) is 0.813. The maximum atomic E-state index is 13.5. The van der Waals surface area contributed by atoms with Crippen LogP contribution in [0.5, 0.6) is 0 Å². The van der Waals surface area contributed by atoms with Crippen molar-refractivity contribution in [3.8, 4) is 0 Å². The molecule has 1 aromatic heterocycles. The molecule has 0 bridgehead atoms. The normalized spacial score (nSPS) is 12.9. The molecule has 0 aliphatic rings. The van der Waals surface area contributed by atoms with E-state index < -0.39 is 11.8 Å². The minimum atomic E-state index is -1.78. The Bertz CT molecular complexity index is 754. The molecule has 1 aromatic carbocycles. The first-order valence-electron chi connectivity index (χ1n) is 6.95. The molecule has 21 heavy (non-hydrogen) atoms. The van der Waals surface area contributed by atoms with Crippen molar-refractivity contribution >= 4 is 22.4 Å². The van der Waals surface area contributed by atoms with E-state index in [4.69, 9.17) is 0 Å². The minimum Gasteiger partial charge on any atom is -0.542 e. The molecule has 1 heterocycles. The van der Waals surface area contributed by atoms with Crippen LogP contribution in [-0.4, -0.2) is 10.5 Å². The topological polar surface area (TPSA) is 45.1 Å². The minimum absolute atomic E-state index is 0.0891. The summed E-state index contributed by atoms with van der Waals surface area (Å²) >= 11 is 0. The van der Waals surface area contributed by atoms with Gasteiger partial charge in [0.1, 0.15) is 11.8 Å². The molecule has 2 aromatic rings. The number of fused-ring (bicyclic) bond motifs is 1. The van der Waals surface area contributed by atoms with Crippen LogP contribution in [0.3, 0.4) is 0 Å². The third kappa shape index (κ3) is 2.46. The van der Waals surface area contributed by atoms with Gasteiger partial charge in [0, 0.05) is 22.6 Å². The van der Waals surface area contributed by atoms with Gasteiger partial charge >= 0.3 is 0 Å². The van der Waals surface area contributed by atoms with Crippen LogP contribution < -0.4 is 5.11 Å². The second-order valence-electron chi connectivity index (χ2n) is 5.63. The molecular formula is C17H19FNO2-. The van der Waals surface area contributed by atoms with Crippen LogP contribution in [0.25, 0.3) is 16.5 Å². The number of carbonyl (C=O) groups is 1. The van der Waals surface area contributed by atoms with Crippen LogP contribution in [0.1, 0.15) is 43.6 Å². The molecule has 4 heteroatoms. The van der Waals surface area contributed by atoms with Crippen LogP contribution in [-0.2, 0) is 4.79 Å². The number of hydrogen-bond donors (Lipinski definition) is 0. The number of carboxylic acids is 1. The molecule has 0 aliphatic carbocycles. The maximum absolute atomic E-state index is 13.5. The van der Waals surface area contributed by atoms with E-state index in [1.54, 1.807) is 6.07 Å². The van der Waals surface area contributed by atoms with Gasteiger partial charge in [0.25, 0.3) is 0 Å². The number of carbonyl (C=O) groups excluding carboxylic acids is 1. The molecule has 3 nitrogen and oxygen atoms in total. The summed E-state index contributed by atoms with van der Waals surface area (Å²) in [5.74, 6) is -2.99. The summed E-state index contributed by atoms with van der Waals surface area (Å²) in [6.45, 7) is 9.75. The van der Waals surface area contributed by atoms with Gasteiger partial charge in [-0.3, -0.25) is 0 Å². The zero-order chi connectivity index (χ0) is 15.9. The number of carboxylic acid groups (broad SMARTS) is 1. The van der Waals surface area contributed by atoms with E-state index in [1.165, 1.54) is 12.6 Å². The summed E-state index contributed by atoms with van der Waals surface area (Å²) in [6.07, 6.45) is 0. The molecule has 112 valence electrons. The highest BCUT2D eigenvalue weighted by Crippen LogP contribution is 2.31. The smallest absolute Gasteiger partial charge is 0.149 e. The Morgan fingerprint density at radius 1 is 1.29 bits per heavy atom. The second kappa shape index (κ2) is 5.35. The number of aryl methyl sites for hydroxylation is 1. The highest BCUT2D eigenvalue weighted by atomic mass is 19.1. The van der Waals surface area contributed by atoms with E-state index in [0.717, 1.165) is 16.5 Å². The molecular weight excluding hydrogens is 269 g/mol. The Labute approximate surface area is 123 Å². The number of nitrogens with zero attached hydrogens (tertiary/aromatic N) is 1. The molecule has 0 N–H and O–H groups in total. The average Bonchev–Trinajstić information content (AvgIpc) is 2.68. The standard InChI is InChI=1S/C17H20FNO2/c1-9(2)19-12(5)10(3)14-8-13(6-7-15(14)19)11(4)16(18)17(20)21/h6-9H,1-5H3,(H,20,21)/p-1/b16-11+. The third-order valence-electron chi connectivity index (χ3n) is 4.02. The Hall–Kier alpha value is -2.10. The summed E-state index contributed by atoms with van der Waals surface area (Å²) in [6, 6.07) is 5.83. The summed E-state index contributed by atoms with van der Waals surface area (Å²) < 4.78 is 15.8. The monoisotopic (exact) mass is 288 g/mol. The van der Waals surface area contributed by atoms with Gasteiger partial charge in [0.05, 0.1) is 0 Å². The van der Waals surface area contributed by atoms with E-state index in [2.05, 4.69) is 25.3 Å². The van der Waals surface area contributed by atoms with Gasteiger partial charge in [-0.05, 0) is 63.5 Å². The Morgan fingerprint density at radius 2 is 1.90 bits per heavy atom. The van der Waals surface area contributed by atoms with Crippen molar-refractivity contribution in [2.45, 2.75) is 40.7 Å². The van der Waals surface area contributed by atoms with E-state index in [9.17, 15) is 14.3 Å². The van der Waals surface area contributed by atoms with E-state index in [-0.39, 0.29) is 5.57 Å². The van der Waals surface area contributed by atoms with Crippen molar-refractivity contribution in [2.75, 3.05) is 0 Å². The number of allylic oxidation sites excluding steroid dienone is 1. The lowest BCUT2D eigenvalue weighted by molar-refractivity contribution is -0.301. The van der Waals surface area contributed by atoms with E-state index >= 15 is 0 Å². The predicted octanol–water partition coefficient (Wildman–Crippen LogP) is 3.29. The fraction of sp³-hybridized carbons (Fsp3) is 0.353. The summed E-state index contributed by atoms with van der Waals surface area (Å²) in [4.78, 5) is 10.6. The first-order chi connectivity index (χ1) is 9.75. The van der Waals surface area contributed by atoms with Crippen LogP contribution in [0.4, 0.5) is 4.39 Å². The number of rotatable bonds is 3. The van der Waals surface area contributed by atoms with Gasteiger partial charge in [-0.25, -0.2) is 4.39 Å². The average molecular weight is 288 g/mol. The Morgan fingerprint density at radius 3 is 2.43 bits per heavy atom. The summed E-state index contributed by atoms with van der Waals surface area (Å²) in [5, 5.41) is 11.7. The molecule has 0 atom stereocenters. The van der Waals surface area contributed by atoms with E-state index in [0.29, 0.717) is 11.6 Å². The third-order valence-corrected chi connectivity index (χ3v) is 4.02. The van der Waals surface area contributed by atoms with Crippen LogP contribution >= 0.6 is 0 Å². The molecule has 0 saturated heterocycles. The van der Waals surface area contributed by atoms with Crippen LogP contribution in [0.15, 0.2) is 24.0 Å². The maximum Gasteiger partial charge on any atom is 0.149 e. The second-order valence-corrected chi connectivity index (χ2v) is 5.63. The molecule has 0 spiro atoms. The fourth-order valence-electron chi connectivity index (χ4n) is 2.78. The van der Waals surface area contributed by atoms with Crippen LogP contribution in [0, 0.1) is 13.8 Å². The SMILES string of the molecule is C/C(=C(\F)C(=O)[O-])c1ccc2c(c1)c(C)c(C)n2C(C)C. The van der Waals surface area contributed by atoms with Gasteiger partial charge < -0.3 is 14.5 Å². The van der Waals surface area contributed by atoms with Gasteiger partial charge in [-0.15, -0.1) is 0 Å². The first kappa shape index (κ1) is 15.3. The zero-order valence-electron chi connectivity index (χ0n) is 13.0. The predicted molar refractivity (Wildman–Crippen MR) is 80.5 cm³/mol. The van der Waals surface area contributed by atoms with Crippen molar-refractivity contribution in [1.82, 2.24) is 4.57 Å². The number of hydrogen-bond acceptors (Lipinski definition) is 2. The van der Waals surface area contributed by atoms with Crippen molar-refractivity contribution in [3.63, 3.8) is 0 Å². The van der Waals surface area contributed by atoms with Gasteiger partial charge in [0.15, 0.2) is 0 Å². The van der Waals surface area contributed by atoms with Crippen molar-refractivity contribution < 1.29 is 14.3 Å². The Kier molecular flexibility index (Phi) is 3.90.